The number of carbonyl (C=O) groups is 3. The van der Waals surface area contributed by atoms with Crippen LogP contribution in [0.3, 0.4) is 0 Å². The number of ketones is 1. The molecule has 0 spiro atoms. The molecule has 0 amide bonds. The number of fused-ring (bicyclic) bond motifs is 1. The van der Waals surface area contributed by atoms with Crippen molar-refractivity contribution >= 4 is 24.8 Å². The van der Waals surface area contributed by atoms with E-state index in [-0.39, 0.29) is 23.5 Å². The van der Waals surface area contributed by atoms with Crippen LogP contribution in [0, 0.1) is 5.41 Å². The Morgan fingerprint density at radius 2 is 2.06 bits per heavy atom. The third-order valence-electron chi connectivity index (χ3n) is 5.13. The van der Waals surface area contributed by atoms with E-state index in [9.17, 15) is 19.4 Å². The number of para-hydroxylation sites is 1. The van der Waals surface area contributed by atoms with Crippen molar-refractivity contribution < 1.29 is 33.5 Å². The van der Waals surface area contributed by atoms with Crippen LogP contribution in [0.4, 0.5) is 0 Å². The molecule has 2 heterocycles. The lowest BCUT2D eigenvalue weighted by Gasteiger charge is -2.28. The topological polar surface area (TPSA) is 117 Å². The molecule has 3 rings (SSSR count). The minimum absolute atomic E-state index is 0.00558. The molecule has 0 radical (unpaired) electrons. The molecular weight excluding hydrogens is 415 g/mol. The molecule has 0 saturated heterocycles. The first-order chi connectivity index (χ1) is 15.1. The molecule has 1 aliphatic rings. The molecule has 170 valence electrons. The Balaban J connectivity index is 1.58. The van der Waals surface area contributed by atoms with Crippen molar-refractivity contribution in [3.63, 3.8) is 0 Å². The van der Waals surface area contributed by atoms with Crippen molar-refractivity contribution in [2.45, 2.75) is 52.4 Å². The Bertz CT molecular complexity index is 969. The lowest BCUT2D eigenvalue weighted by molar-refractivity contribution is -0.161. The van der Waals surface area contributed by atoms with Crippen molar-refractivity contribution in [2.24, 2.45) is 5.41 Å². The van der Waals surface area contributed by atoms with Gasteiger partial charge in [0.25, 0.3) is 0 Å². The molecule has 1 atom stereocenters. The van der Waals surface area contributed by atoms with E-state index < -0.39 is 37.1 Å². The third kappa shape index (κ3) is 5.97. The fourth-order valence-electron chi connectivity index (χ4n) is 3.32. The number of aromatic nitrogens is 2. The first kappa shape index (κ1) is 23.5. The van der Waals surface area contributed by atoms with Crippen LogP contribution in [0.15, 0.2) is 36.9 Å². The van der Waals surface area contributed by atoms with Gasteiger partial charge in [0, 0.05) is 37.6 Å². The van der Waals surface area contributed by atoms with Gasteiger partial charge in [0.15, 0.2) is 0 Å². The summed E-state index contributed by atoms with van der Waals surface area (Å²) in [6.07, 6.45) is 5.95. The largest absolute Gasteiger partial charge is 0.535 e. The Morgan fingerprint density at radius 3 is 2.75 bits per heavy atom. The number of Topliss-reactive ketones (excluding diaryl/α,β-unsaturated/α-hetero) is 1. The summed E-state index contributed by atoms with van der Waals surface area (Å²) in [5.41, 5.74) is 0.110. The van der Waals surface area contributed by atoms with Gasteiger partial charge in [0.05, 0.1) is 11.7 Å². The van der Waals surface area contributed by atoms with Gasteiger partial charge in [-0.15, -0.1) is 0 Å². The summed E-state index contributed by atoms with van der Waals surface area (Å²) >= 11 is 0. The Morgan fingerprint density at radius 1 is 1.28 bits per heavy atom. The molecule has 1 N–H and O–H groups in total. The fraction of sp³-hybridized carbons (Fsp3) is 0.455. The maximum absolute atomic E-state index is 12.5. The van der Waals surface area contributed by atoms with Gasteiger partial charge < -0.3 is 23.7 Å². The molecule has 32 heavy (non-hydrogen) atoms. The Labute approximate surface area is 186 Å². The van der Waals surface area contributed by atoms with Gasteiger partial charge in [-0.1, -0.05) is 12.1 Å². The monoisotopic (exact) mass is 442 g/mol. The molecule has 0 bridgehead atoms. The van der Waals surface area contributed by atoms with Crippen LogP contribution in [-0.2, 0) is 32.0 Å². The van der Waals surface area contributed by atoms with E-state index in [4.69, 9.17) is 14.1 Å². The average Bonchev–Trinajstić information content (AvgIpc) is 3.25. The van der Waals surface area contributed by atoms with Gasteiger partial charge in [-0.2, -0.15) is 0 Å². The van der Waals surface area contributed by atoms with Gasteiger partial charge in [0.1, 0.15) is 17.1 Å². The SMILES string of the molecule is CC(C)(C)C(=O)OCOC(=O)c1cccc2c1OB(O)[C@@H](CC(=O)CCn1ccnc1)C2. The number of ether oxygens (including phenoxy) is 2. The molecule has 0 unspecified atom stereocenters. The number of hydrogen-bond donors (Lipinski definition) is 1. The van der Waals surface area contributed by atoms with Crippen molar-refractivity contribution in [2.75, 3.05) is 6.79 Å². The summed E-state index contributed by atoms with van der Waals surface area (Å²) in [6, 6.07) is 4.96. The van der Waals surface area contributed by atoms with E-state index in [1.165, 1.54) is 6.07 Å². The van der Waals surface area contributed by atoms with Crippen molar-refractivity contribution in [3.8, 4) is 5.75 Å². The number of esters is 2. The predicted molar refractivity (Wildman–Crippen MR) is 115 cm³/mol. The molecule has 2 aromatic rings. The average molecular weight is 442 g/mol. The van der Waals surface area contributed by atoms with Crippen LogP contribution in [0.25, 0.3) is 0 Å². The highest BCUT2D eigenvalue weighted by Gasteiger charge is 2.38. The summed E-state index contributed by atoms with van der Waals surface area (Å²) < 4.78 is 17.4. The zero-order chi connectivity index (χ0) is 23.3. The summed E-state index contributed by atoms with van der Waals surface area (Å²) in [7, 11) is -1.23. The number of aryl methyl sites for hydroxylation is 1. The normalized spacial score (nSPS) is 15.5. The van der Waals surface area contributed by atoms with Gasteiger partial charge in [-0.3, -0.25) is 9.59 Å². The number of imidazole rings is 1. The number of hydrogen-bond acceptors (Lipinski definition) is 8. The zero-order valence-electron chi connectivity index (χ0n) is 18.4. The van der Waals surface area contributed by atoms with Crippen LogP contribution in [0.1, 0.15) is 49.5 Å². The number of rotatable bonds is 8. The van der Waals surface area contributed by atoms with Crippen LogP contribution < -0.4 is 4.65 Å². The molecule has 1 aromatic heterocycles. The molecule has 9 nitrogen and oxygen atoms in total. The lowest BCUT2D eigenvalue weighted by atomic mass is 9.64. The van der Waals surface area contributed by atoms with E-state index in [1.54, 1.807) is 51.6 Å². The van der Waals surface area contributed by atoms with Crippen LogP contribution in [0.2, 0.25) is 5.82 Å². The second kappa shape index (κ2) is 9.99. The predicted octanol–water partition coefficient (Wildman–Crippen LogP) is 2.42. The Kier molecular flexibility index (Phi) is 7.35. The smallest absolute Gasteiger partial charge is 0.526 e. The third-order valence-corrected chi connectivity index (χ3v) is 5.13. The summed E-state index contributed by atoms with van der Waals surface area (Å²) in [6.45, 7) is 5.08. The zero-order valence-corrected chi connectivity index (χ0v) is 18.4. The highest BCUT2D eigenvalue weighted by molar-refractivity contribution is 6.47. The highest BCUT2D eigenvalue weighted by Crippen LogP contribution is 2.36. The number of benzene rings is 1. The molecule has 0 fully saturated rings. The van der Waals surface area contributed by atoms with Crippen molar-refractivity contribution in [3.05, 3.63) is 48.0 Å². The van der Waals surface area contributed by atoms with E-state index >= 15 is 0 Å². The molecule has 10 heteroatoms. The summed E-state index contributed by atoms with van der Waals surface area (Å²) in [5.74, 6) is -1.42. The van der Waals surface area contributed by atoms with E-state index in [1.807, 2.05) is 4.57 Å². The quantitative estimate of drug-likeness (QED) is 0.376. The van der Waals surface area contributed by atoms with Crippen LogP contribution >= 0.6 is 0 Å². The number of carbonyl (C=O) groups excluding carboxylic acids is 3. The first-order valence-electron chi connectivity index (χ1n) is 10.4. The molecular formula is C22H27BN2O7. The molecule has 0 saturated carbocycles. The standard InChI is InChI=1S/C22H27BN2O7/c1-22(2,3)21(28)31-14-30-20(27)18-6-4-5-15-11-16(23(29)32-19(15)18)12-17(26)7-9-25-10-8-24-13-25/h4-6,8,10,13,16,29H,7,9,11-12,14H2,1-3H3/t16-/m1/s1. The van der Waals surface area contributed by atoms with Gasteiger partial charge in [-0.25, -0.2) is 9.78 Å². The first-order valence-corrected chi connectivity index (χ1v) is 10.4. The van der Waals surface area contributed by atoms with E-state index in [0.717, 1.165) is 0 Å². The molecule has 0 aliphatic carbocycles. The maximum atomic E-state index is 12.5. The van der Waals surface area contributed by atoms with Crippen LogP contribution in [0.5, 0.6) is 5.75 Å². The van der Waals surface area contributed by atoms with Crippen molar-refractivity contribution in [1.82, 2.24) is 9.55 Å². The minimum Gasteiger partial charge on any atom is -0.535 e. The highest BCUT2D eigenvalue weighted by atomic mass is 16.7. The minimum atomic E-state index is -1.23. The van der Waals surface area contributed by atoms with E-state index in [0.29, 0.717) is 24.9 Å². The second-order valence-electron chi connectivity index (χ2n) is 8.79. The van der Waals surface area contributed by atoms with Crippen molar-refractivity contribution in [1.29, 1.82) is 0 Å². The van der Waals surface area contributed by atoms with Gasteiger partial charge in [-0.05, 0) is 38.8 Å². The van der Waals surface area contributed by atoms with Gasteiger partial charge in [0.2, 0.25) is 6.79 Å². The summed E-state index contributed by atoms with van der Waals surface area (Å²) in [4.78, 5) is 40.6. The van der Waals surface area contributed by atoms with Gasteiger partial charge >= 0.3 is 19.1 Å². The maximum Gasteiger partial charge on any atom is 0.526 e. The fourth-order valence-corrected chi connectivity index (χ4v) is 3.32. The lowest BCUT2D eigenvalue weighted by Crippen LogP contribution is -2.36. The van der Waals surface area contributed by atoms with Crippen LogP contribution in [-0.4, -0.2) is 46.2 Å². The second-order valence-corrected chi connectivity index (χ2v) is 8.79. The molecule has 1 aliphatic heterocycles. The summed E-state index contributed by atoms with van der Waals surface area (Å²) in [5, 5.41) is 10.5. The van der Waals surface area contributed by atoms with E-state index in [2.05, 4.69) is 4.98 Å². The number of nitrogens with zero attached hydrogens (tertiary/aromatic N) is 2. The molecule has 1 aromatic carbocycles. The Hall–Kier alpha value is -3.14.